The van der Waals surface area contributed by atoms with Crippen molar-refractivity contribution in [3.63, 3.8) is 0 Å². The summed E-state index contributed by atoms with van der Waals surface area (Å²) in [7, 11) is 3.21. The zero-order chi connectivity index (χ0) is 25.9. The quantitative estimate of drug-likeness (QED) is 0.386. The first-order valence-electron chi connectivity index (χ1n) is 11.8. The zero-order valence-electron chi connectivity index (χ0n) is 21.7. The first-order valence-corrected chi connectivity index (χ1v) is 11.8. The Kier molecular flexibility index (Phi) is 7.63. The Hall–Kier alpha value is -3.68. The molecule has 8 heteroatoms. The number of anilines is 2. The van der Waals surface area contributed by atoms with E-state index in [0.717, 1.165) is 22.4 Å². The molecule has 0 aliphatic rings. The maximum atomic E-state index is 13.4. The van der Waals surface area contributed by atoms with Gasteiger partial charge in [0.25, 0.3) is 5.91 Å². The summed E-state index contributed by atoms with van der Waals surface area (Å²) in [5.41, 5.74) is 8.91. The number of nitrogen functional groups attached to an aromatic ring is 1. The minimum absolute atomic E-state index is 0.0568. The van der Waals surface area contributed by atoms with Crippen molar-refractivity contribution in [3.8, 4) is 11.5 Å². The molecule has 4 N–H and O–H groups in total. The minimum Gasteiger partial charge on any atom is -0.494 e. The molecule has 8 nitrogen and oxygen atoms in total. The molecule has 3 rings (SSSR count). The van der Waals surface area contributed by atoms with Crippen LogP contribution in [0.4, 0.5) is 11.5 Å². The number of nitrogens with one attached hydrogen (secondary N) is 2. The van der Waals surface area contributed by atoms with E-state index in [1.54, 1.807) is 30.9 Å². The van der Waals surface area contributed by atoms with Crippen molar-refractivity contribution in [2.45, 2.75) is 46.6 Å². The second-order valence-electron chi connectivity index (χ2n) is 9.40. The third kappa shape index (κ3) is 5.21. The molecule has 0 fully saturated rings. The van der Waals surface area contributed by atoms with Gasteiger partial charge in [-0.15, -0.1) is 0 Å². The van der Waals surface area contributed by atoms with Crippen LogP contribution >= 0.6 is 0 Å². The van der Waals surface area contributed by atoms with Gasteiger partial charge in [-0.05, 0) is 43.5 Å². The summed E-state index contributed by atoms with van der Waals surface area (Å²) in [6.07, 6.45) is 1.82. The van der Waals surface area contributed by atoms with Gasteiger partial charge in [0.15, 0.2) is 5.78 Å². The van der Waals surface area contributed by atoms with E-state index in [2.05, 4.69) is 31.4 Å². The molecular formula is C27H36N4O4. The van der Waals surface area contributed by atoms with Gasteiger partial charge >= 0.3 is 0 Å². The summed E-state index contributed by atoms with van der Waals surface area (Å²) < 4.78 is 13.1. The highest BCUT2D eigenvalue weighted by Crippen LogP contribution is 2.39. The van der Waals surface area contributed by atoms with Gasteiger partial charge in [-0.25, -0.2) is 0 Å². The van der Waals surface area contributed by atoms with Crippen molar-refractivity contribution in [1.29, 1.82) is 0 Å². The first-order chi connectivity index (χ1) is 16.5. The number of nitrogens with zero attached hydrogens (tertiary/aromatic N) is 1. The van der Waals surface area contributed by atoms with Crippen molar-refractivity contribution in [2.75, 3.05) is 38.4 Å². The van der Waals surface area contributed by atoms with E-state index in [-0.39, 0.29) is 23.7 Å². The number of hydrogen-bond donors (Lipinski definition) is 3. The van der Waals surface area contributed by atoms with Crippen LogP contribution in [-0.4, -0.2) is 43.6 Å². The molecular weight excluding hydrogens is 444 g/mol. The van der Waals surface area contributed by atoms with Gasteiger partial charge in [0.2, 0.25) is 0 Å². The number of methoxy groups -OCH3 is 1. The van der Waals surface area contributed by atoms with Crippen molar-refractivity contribution in [2.24, 2.45) is 0 Å². The molecule has 0 saturated heterocycles. The van der Waals surface area contributed by atoms with E-state index in [1.165, 1.54) is 0 Å². The molecule has 2 aromatic carbocycles. The molecule has 0 radical (unpaired) electrons. The van der Waals surface area contributed by atoms with Gasteiger partial charge in [0.05, 0.1) is 31.5 Å². The minimum atomic E-state index is -0.262. The fourth-order valence-corrected chi connectivity index (χ4v) is 4.17. The fourth-order valence-electron chi connectivity index (χ4n) is 4.17. The molecule has 0 spiro atoms. The predicted molar refractivity (Wildman–Crippen MR) is 141 cm³/mol. The molecule has 0 saturated carbocycles. The lowest BCUT2D eigenvalue weighted by atomic mass is 9.84. The zero-order valence-corrected chi connectivity index (χ0v) is 21.7. The number of ether oxygens (including phenoxy) is 2. The number of aromatic nitrogens is 1. The van der Waals surface area contributed by atoms with Gasteiger partial charge in [-0.1, -0.05) is 20.8 Å². The van der Waals surface area contributed by atoms with Crippen LogP contribution in [0.2, 0.25) is 0 Å². The van der Waals surface area contributed by atoms with Gasteiger partial charge in [0.1, 0.15) is 17.3 Å². The number of carbonyl (C=O) groups is 2. The van der Waals surface area contributed by atoms with Crippen LogP contribution in [0, 0.1) is 0 Å². The van der Waals surface area contributed by atoms with Crippen molar-refractivity contribution in [3.05, 3.63) is 47.2 Å². The Balaban J connectivity index is 2.05. The van der Waals surface area contributed by atoms with E-state index < -0.39 is 0 Å². The van der Waals surface area contributed by atoms with Crippen LogP contribution in [0.15, 0.2) is 30.5 Å². The molecule has 0 aliphatic heterocycles. The van der Waals surface area contributed by atoms with E-state index in [0.29, 0.717) is 41.2 Å². The molecule has 1 amide bonds. The monoisotopic (exact) mass is 480 g/mol. The highest BCUT2D eigenvalue weighted by atomic mass is 16.5. The number of nitrogens with two attached hydrogens (primary N) is 1. The molecule has 0 bridgehead atoms. The molecule has 0 unspecified atom stereocenters. The Morgan fingerprint density at radius 3 is 2.40 bits per heavy atom. The van der Waals surface area contributed by atoms with Gasteiger partial charge in [-0.2, -0.15) is 0 Å². The van der Waals surface area contributed by atoms with E-state index in [9.17, 15) is 9.59 Å². The third-order valence-corrected chi connectivity index (χ3v) is 5.91. The standard InChI is InChI=1S/C27H36N4O4/c1-8-30-21-11-16(10-20(24(21)34-7)27(3,4)5)22(32)15-31-14-17-12-23(35-9-2)19(26(33)29-6)13-18(17)25(31)28/h10-14,30H,8-9,15,28H2,1-7H3,(H,29,33). The highest BCUT2D eigenvalue weighted by molar-refractivity contribution is 6.05. The van der Waals surface area contributed by atoms with Crippen LogP contribution in [0.3, 0.4) is 0 Å². The van der Waals surface area contributed by atoms with Gasteiger partial charge < -0.3 is 30.4 Å². The van der Waals surface area contributed by atoms with Crippen molar-refractivity contribution in [1.82, 2.24) is 9.88 Å². The molecule has 3 aromatic rings. The number of carbonyl (C=O) groups excluding carboxylic acids is 2. The van der Waals surface area contributed by atoms with Crippen LogP contribution < -0.4 is 25.8 Å². The summed E-state index contributed by atoms with van der Waals surface area (Å²) in [6, 6.07) is 7.23. The van der Waals surface area contributed by atoms with Crippen molar-refractivity contribution >= 4 is 34.0 Å². The van der Waals surface area contributed by atoms with E-state index in [4.69, 9.17) is 15.2 Å². The molecule has 1 aromatic heterocycles. The number of hydrogen-bond acceptors (Lipinski definition) is 6. The molecule has 0 atom stereocenters. The number of Topliss-reactive ketones (excluding diaryl/α,β-unsaturated/α-hetero) is 1. The average Bonchev–Trinajstić information content (AvgIpc) is 3.11. The number of rotatable bonds is 9. The lowest BCUT2D eigenvalue weighted by molar-refractivity contribution is 0.0955. The third-order valence-electron chi connectivity index (χ3n) is 5.91. The Bertz CT molecular complexity index is 1250. The molecule has 35 heavy (non-hydrogen) atoms. The van der Waals surface area contributed by atoms with E-state index >= 15 is 0 Å². The molecule has 188 valence electrons. The summed E-state index contributed by atoms with van der Waals surface area (Å²) >= 11 is 0. The van der Waals surface area contributed by atoms with Crippen LogP contribution in [0.25, 0.3) is 10.8 Å². The SMILES string of the molecule is CCNc1cc(C(=O)Cn2cc3cc(OCC)c(C(=O)NC)cc3c2N)cc(C(C)(C)C)c1OC. The first kappa shape index (κ1) is 25.9. The highest BCUT2D eigenvalue weighted by Gasteiger charge is 2.25. The number of fused-ring (bicyclic) bond motifs is 1. The number of benzene rings is 2. The van der Waals surface area contributed by atoms with Crippen LogP contribution in [0.1, 0.15) is 60.9 Å². The van der Waals surface area contributed by atoms with Gasteiger partial charge in [0, 0.05) is 41.7 Å². The summed E-state index contributed by atoms with van der Waals surface area (Å²) in [5.74, 6) is 1.29. The second kappa shape index (κ2) is 10.3. The van der Waals surface area contributed by atoms with E-state index in [1.807, 2.05) is 32.2 Å². The maximum absolute atomic E-state index is 13.4. The summed E-state index contributed by atoms with van der Waals surface area (Å²) in [4.78, 5) is 25.8. The van der Waals surface area contributed by atoms with Crippen molar-refractivity contribution < 1.29 is 19.1 Å². The normalized spacial score (nSPS) is 11.4. The maximum Gasteiger partial charge on any atom is 0.254 e. The molecule has 1 heterocycles. The molecule has 0 aliphatic carbocycles. The Labute approximate surface area is 206 Å². The average molecular weight is 481 g/mol. The van der Waals surface area contributed by atoms with Crippen LogP contribution in [-0.2, 0) is 12.0 Å². The number of amides is 1. The predicted octanol–water partition coefficient (Wildman–Crippen LogP) is 4.60. The summed E-state index contributed by atoms with van der Waals surface area (Å²) in [5, 5.41) is 7.43. The fraction of sp³-hybridized carbons (Fsp3) is 0.407. The van der Waals surface area contributed by atoms with Crippen LogP contribution in [0.5, 0.6) is 11.5 Å². The smallest absolute Gasteiger partial charge is 0.254 e. The Morgan fingerprint density at radius 2 is 1.83 bits per heavy atom. The largest absolute Gasteiger partial charge is 0.494 e. The second-order valence-corrected chi connectivity index (χ2v) is 9.40. The Morgan fingerprint density at radius 1 is 1.11 bits per heavy atom. The van der Waals surface area contributed by atoms with Gasteiger partial charge in [-0.3, -0.25) is 9.59 Å². The lowest BCUT2D eigenvalue weighted by Gasteiger charge is -2.25. The number of ketones is 1. The summed E-state index contributed by atoms with van der Waals surface area (Å²) in [6.45, 7) is 11.3. The lowest BCUT2D eigenvalue weighted by Crippen LogP contribution is -2.19. The topological polar surface area (TPSA) is 108 Å².